The first-order chi connectivity index (χ1) is 11.6. The van der Waals surface area contributed by atoms with Gasteiger partial charge in [0.05, 0.1) is 6.61 Å². The van der Waals surface area contributed by atoms with Gasteiger partial charge in [-0.15, -0.1) is 0 Å². The molecule has 2 N–H and O–H groups in total. The van der Waals surface area contributed by atoms with Crippen molar-refractivity contribution in [2.45, 2.75) is 13.3 Å². The molecule has 2 aromatic rings. The lowest BCUT2D eigenvalue weighted by Gasteiger charge is -2.10. The van der Waals surface area contributed by atoms with Crippen molar-refractivity contribution in [2.75, 3.05) is 6.61 Å². The largest absolute Gasteiger partial charge is 0.493 e. The van der Waals surface area contributed by atoms with Crippen molar-refractivity contribution in [3.8, 4) is 5.75 Å². The zero-order valence-corrected chi connectivity index (χ0v) is 13.4. The number of carbonyl (C=O) groups excluding carboxylic acids is 1. The normalized spacial score (nSPS) is 11.0. The predicted molar refractivity (Wildman–Crippen MR) is 91.7 cm³/mol. The second-order valence-electron chi connectivity index (χ2n) is 5.07. The van der Waals surface area contributed by atoms with E-state index in [9.17, 15) is 14.7 Å². The summed E-state index contributed by atoms with van der Waals surface area (Å²) in [7, 11) is 0. The van der Waals surface area contributed by atoms with Gasteiger partial charge in [-0.05, 0) is 30.7 Å². The van der Waals surface area contributed by atoms with E-state index in [-0.39, 0.29) is 5.70 Å². The van der Waals surface area contributed by atoms with Crippen LogP contribution in [0, 0.1) is 0 Å². The Morgan fingerprint density at radius 3 is 2.42 bits per heavy atom. The molecule has 0 aliphatic rings. The zero-order valence-electron chi connectivity index (χ0n) is 13.4. The number of hydrogen-bond donors (Lipinski definition) is 2. The predicted octanol–water partition coefficient (Wildman–Crippen LogP) is 3.33. The summed E-state index contributed by atoms with van der Waals surface area (Å²) < 4.78 is 5.61. The minimum absolute atomic E-state index is 0.212. The fourth-order valence-electron chi connectivity index (χ4n) is 2.03. The Balaban J connectivity index is 2.26. The van der Waals surface area contributed by atoms with Gasteiger partial charge in [0.1, 0.15) is 11.4 Å². The average molecular weight is 325 g/mol. The molecule has 0 saturated carbocycles. The Labute approximate surface area is 140 Å². The number of amides is 1. The zero-order chi connectivity index (χ0) is 17.4. The highest BCUT2D eigenvalue weighted by molar-refractivity contribution is 6.02. The number of benzene rings is 2. The van der Waals surface area contributed by atoms with Crippen LogP contribution >= 0.6 is 0 Å². The smallest absolute Gasteiger partial charge is 0.352 e. The molecule has 0 aliphatic carbocycles. The number of ether oxygens (including phenoxy) is 1. The fraction of sp³-hybridized carbons (Fsp3) is 0.158. The van der Waals surface area contributed by atoms with E-state index < -0.39 is 11.9 Å². The molecule has 5 heteroatoms. The summed E-state index contributed by atoms with van der Waals surface area (Å²) in [6, 6.07) is 15.5. The molecule has 0 fully saturated rings. The molecular formula is C19H19NO4. The van der Waals surface area contributed by atoms with Gasteiger partial charge in [-0.3, -0.25) is 4.79 Å². The summed E-state index contributed by atoms with van der Waals surface area (Å²) in [5, 5.41) is 11.8. The Hall–Kier alpha value is -3.08. The number of aliphatic carboxylic acids is 1. The van der Waals surface area contributed by atoms with Crippen LogP contribution in [0.25, 0.3) is 6.08 Å². The molecule has 0 heterocycles. The minimum atomic E-state index is -1.22. The number of carboxylic acids is 1. The number of carbonyl (C=O) groups is 2. The van der Waals surface area contributed by atoms with E-state index in [4.69, 9.17) is 4.74 Å². The molecule has 2 aromatic carbocycles. The van der Waals surface area contributed by atoms with Gasteiger partial charge in [-0.2, -0.15) is 0 Å². The summed E-state index contributed by atoms with van der Waals surface area (Å²) in [6.07, 6.45) is 2.24. The maximum Gasteiger partial charge on any atom is 0.352 e. The van der Waals surface area contributed by atoms with Crippen LogP contribution in [0.3, 0.4) is 0 Å². The van der Waals surface area contributed by atoms with Crippen LogP contribution in [-0.2, 0) is 4.79 Å². The maximum absolute atomic E-state index is 12.2. The van der Waals surface area contributed by atoms with Crippen molar-refractivity contribution in [1.82, 2.24) is 5.32 Å². The van der Waals surface area contributed by atoms with Crippen molar-refractivity contribution in [2.24, 2.45) is 0 Å². The topological polar surface area (TPSA) is 75.6 Å². The van der Waals surface area contributed by atoms with Crippen LogP contribution in [0.4, 0.5) is 0 Å². The standard InChI is InChI=1S/C19H19NO4/c1-2-12-24-17-11-7-6-10-15(17)13-16(19(22)23)20-18(21)14-8-4-3-5-9-14/h3-11,13H,2,12H2,1H3,(H,20,21)(H,22,23)/b16-13+. The van der Waals surface area contributed by atoms with E-state index in [2.05, 4.69) is 5.32 Å². The Kier molecular flexibility index (Phi) is 6.14. The minimum Gasteiger partial charge on any atom is -0.493 e. The maximum atomic E-state index is 12.2. The van der Waals surface area contributed by atoms with Crippen molar-refractivity contribution >= 4 is 18.0 Å². The first-order valence-corrected chi connectivity index (χ1v) is 7.65. The third kappa shape index (κ3) is 4.71. The first kappa shape index (κ1) is 17.3. The van der Waals surface area contributed by atoms with E-state index in [0.717, 1.165) is 6.42 Å². The molecule has 0 saturated heterocycles. The molecule has 124 valence electrons. The molecule has 0 atom stereocenters. The monoisotopic (exact) mass is 325 g/mol. The Bertz CT molecular complexity index is 738. The van der Waals surface area contributed by atoms with Gasteiger partial charge < -0.3 is 15.2 Å². The first-order valence-electron chi connectivity index (χ1n) is 7.65. The summed E-state index contributed by atoms with van der Waals surface area (Å²) in [5.74, 6) is -1.12. The van der Waals surface area contributed by atoms with E-state index in [1.54, 1.807) is 48.5 Å². The van der Waals surface area contributed by atoms with E-state index >= 15 is 0 Å². The summed E-state index contributed by atoms with van der Waals surface area (Å²) in [6.45, 7) is 2.52. The molecule has 0 aliphatic heterocycles. The van der Waals surface area contributed by atoms with E-state index in [0.29, 0.717) is 23.5 Å². The highest BCUT2D eigenvalue weighted by Gasteiger charge is 2.14. The third-order valence-corrected chi connectivity index (χ3v) is 3.20. The van der Waals surface area contributed by atoms with Gasteiger partial charge >= 0.3 is 5.97 Å². The molecule has 0 bridgehead atoms. The second kappa shape index (κ2) is 8.53. The fourth-order valence-corrected chi connectivity index (χ4v) is 2.03. The number of nitrogens with one attached hydrogen (secondary N) is 1. The number of rotatable bonds is 7. The van der Waals surface area contributed by atoms with Gasteiger partial charge in [0, 0.05) is 11.1 Å². The van der Waals surface area contributed by atoms with E-state index in [1.807, 2.05) is 13.0 Å². The molecule has 0 unspecified atom stereocenters. The SMILES string of the molecule is CCCOc1ccccc1/C=C(/NC(=O)c1ccccc1)C(=O)O. The molecule has 0 aromatic heterocycles. The van der Waals surface area contributed by atoms with Crippen LogP contribution in [0.1, 0.15) is 29.3 Å². The highest BCUT2D eigenvalue weighted by atomic mass is 16.5. The van der Waals surface area contributed by atoms with Crippen LogP contribution in [0.5, 0.6) is 5.75 Å². The molecule has 5 nitrogen and oxygen atoms in total. The van der Waals surface area contributed by atoms with Gasteiger partial charge in [-0.25, -0.2) is 4.79 Å². The Morgan fingerprint density at radius 2 is 1.75 bits per heavy atom. The van der Waals surface area contributed by atoms with Gasteiger partial charge in [0.25, 0.3) is 5.91 Å². The lowest BCUT2D eigenvalue weighted by molar-refractivity contribution is -0.132. The van der Waals surface area contributed by atoms with Crippen molar-refractivity contribution < 1.29 is 19.4 Å². The highest BCUT2D eigenvalue weighted by Crippen LogP contribution is 2.21. The number of carboxylic acid groups (broad SMARTS) is 1. The molecular weight excluding hydrogens is 306 g/mol. The van der Waals surface area contributed by atoms with Gasteiger partial charge in [0.15, 0.2) is 0 Å². The van der Waals surface area contributed by atoms with Crippen LogP contribution in [-0.4, -0.2) is 23.6 Å². The molecule has 0 radical (unpaired) electrons. The quantitative estimate of drug-likeness (QED) is 0.766. The lowest BCUT2D eigenvalue weighted by atomic mass is 10.1. The van der Waals surface area contributed by atoms with Crippen LogP contribution in [0.2, 0.25) is 0 Å². The number of para-hydroxylation sites is 1. The molecule has 1 amide bonds. The average Bonchev–Trinajstić information content (AvgIpc) is 2.61. The summed E-state index contributed by atoms with van der Waals surface area (Å²) in [5.41, 5.74) is 0.772. The molecule has 0 spiro atoms. The second-order valence-corrected chi connectivity index (χ2v) is 5.07. The van der Waals surface area contributed by atoms with Crippen LogP contribution < -0.4 is 10.1 Å². The van der Waals surface area contributed by atoms with Crippen molar-refractivity contribution in [1.29, 1.82) is 0 Å². The molecule has 24 heavy (non-hydrogen) atoms. The van der Waals surface area contributed by atoms with Crippen LogP contribution in [0.15, 0.2) is 60.3 Å². The number of hydrogen-bond acceptors (Lipinski definition) is 3. The summed E-state index contributed by atoms with van der Waals surface area (Å²) in [4.78, 5) is 23.6. The lowest BCUT2D eigenvalue weighted by Crippen LogP contribution is -2.27. The Morgan fingerprint density at radius 1 is 1.08 bits per heavy atom. The van der Waals surface area contributed by atoms with Gasteiger partial charge in [0.2, 0.25) is 0 Å². The van der Waals surface area contributed by atoms with Crippen molar-refractivity contribution in [3.63, 3.8) is 0 Å². The third-order valence-electron chi connectivity index (χ3n) is 3.20. The van der Waals surface area contributed by atoms with Crippen molar-refractivity contribution in [3.05, 3.63) is 71.4 Å². The van der Waals surface area contributed by atoms with E-state index in [1.165, 1.54) is 6.08 Å². The summed E-state index contributed by atoms with van der Waals surface area (Å²) >= 11 is 0. The van der Waals surface area contributed by atoms with Gasteiger partial charge in [-0.1, -0.05) is 43.3 Å². The molecule has 2 rings (SSSR count).